The van der Waals surface area contributed by atoms with Crippen molar-refractivity contribution in [2.24, 2.45) is 5.73 Å². The van der Waals surface area contributed by atoms with Crippen LogP contribution in [0.25, 0.3) is 0 Å². The molecule has 1 aliphatic rings. The van der Waals surface area contributed by atoms with E-state index in [1.165, 1.54) is 0 Å². The predicted octanol–water partition coefficient (Wildman–Crippen LogP) is 0.382. The van der Waals surface area contributed by atoms with E-state index in [-0.39, 0.29) is 29.0 Å². The highest BCUT2D eigenvalue weighted by atomic mass is 35.5. The minimum Gasteiger partial charge on any atom is -0.367 e. The summed E-state index contributed by atoms with van der Waals surface area (Å²) >= 11 is 5.85. The molecule has 0 amide bonds. The second-order valence-corrected chi connectivity index (χ2v) is 3.77. The molecule has 7 heteroatoms. The number of aromatic amines is 1. The lowest BCUT2D eigenvalue weighted by atomic mass is 10.3. The van der Waals surface area contributed by atoms with E-state index < -0.39 is 0 Å². The standard InChI is InChI=1S/C8H11ClN4O.ClH/c9-7-6(3-11-12-8(7)14)13-2-1-5(10)4-13;/h3,5H,1-2,4,10H2,(H,12,14);1H. The van der Waals surface area contributed by atoms with Crippen LogP contribution in [0.3, 0.4) is 0 Å². The van der Waals surface area contributed by atoms with Crippen molar-refractivity contribution in [1.29, 1.82) is 0 Å². The van der Waals surface area contributed by atoms with Gasteiger partial charge in [-0.1, -0.05) is 11.6 Å². The van der Waals surface area contributed by atoms with Crippen molar-refractivity contribution in [2.75, 3.05) is 18.0 Å². The zero-order chi connectivity index (χ0) is 10.1. The van der Waals surface area contributed by atoms with Crippen LogP contribution in [0, 0.1) is 0 Å². The van der Waals surface area contributed by atoms with Crippen LogP contribution in [0.4, 0.5) is 5.69 Å². The molecule has 0 spiro atoms. The highest BCUT2D eigenvalue weighted by Gasteiger charge is 2.22. The fourth-order valence-corrected chi connectivity index (χ4v) is 1.81. The highest BCUT2D eigenvalue weighted by Crippen LogP contribution is 2.23. The van der Waals surface area contributed by atoms with Crippen molar-refractivity contribution < 1.29 is 0 Å². The molecule has 3 N–H and O–H groups in total. The maximum Gasteiger partial charge on any atom is 0.285 e. The number of nitrogens with two attached hydrogens (primary N) is 1. The van der Waals surface area contributed by atoms with Gasteiger partial charge in [0.05, 0.1) is 11.9 Å². The molecular formula is C8H12Cl2N4O. The number of halogens is 2. The molecule has 84 valence electrons. The van der Waals surface area contributed by atoms with Crippen molar-refractivity contribution in [3.63, 3.8) is 0 Å². The van der Waals surface area contributed by atoms with Gasteiger partial charge in [-0.15, -0.1) is 12.4 Å². The molecule has 0 radical (unpaired) electrons. The lowest BCUT2D eigenvalue weighted by molar-refractivity contribution is 0.752. The highest BCUT2D eigenvalue weighted by molar-refractivity contribution is 6.33. The van der Waals surface area contributed by atoms with Crippen LogP contribution >= 0.6 is 24.0 Å². The number of aromatic nitrogens is 2. The number of anilines is 1. The Morgan fingerprint density at radius 3 is 3.00 bits per heavy atom. The quantitative estimate of drug-likeness (QED) is 0.756. The van der Waals surface area contributed by atoms with Gasteiger partial charge in [0.2, 0.25) is 0 Å². The zero-order valence-electron chi connectivity index (χ0n) is 7.94. The Labute approximate surface area is 98.0 Å². The molecule has 2 heterocycles. The molecule has 2 rings (SSSR count). The molecule has 0 aromatic carbocycles. The van der Waals surface area contributed by atoms with Crippen LogP contribution in [-0.4, -0.2) is 29.3 Å². The second-order valence-electron chi connectivity index (χ2n) is 3.39. The number of nitrogens with zero attached hydrogens (tertiary/aromatic N) is 2. The van der Waals surface area contributed by atoms with E-state index in [9.17, 15) is 4.79 Å². The Balaban J connectivity index is 0.00000112. The smallest absolute Gasteiger partial charge is 0.285 e. The molecule has 1 unspecified atom stereocenters. The van der Waals surface area contributed by atoms with E-state index >= 15 is 0 Å². The van der Waals surface area contributed by atoms with E-state index in [1.54, 1.807) is 6.20 Å². The van der Waals surface area contributed by atoms with Crippen molar-refractivity contribution >= 4 is 29.7 Å². The molecule has 5 nitrogen and oxygen atoms in total. The Morgan fingerprint density at radius 2 is 2.40 bits per heavy atom. The van der Waals surface area contributed by atoms with Gasteiger partial charge in [-0.3, -0.25) is 4.79 Å². The number of nitrogens with one attached hydrogen (secondary N) is 1. The SMILES string of the molecule is Cl.NC1CCN(c2cn[nH]c(=O)c2Cl)C1. The van der Waals surface area contributed by atoms with Gasteiger partial charge in [0.1, 0.15) is 5.02 Å². The minimum absolute atomic E-state index is 0. The minimum atomic E-state index is -0.357. The normalized spacial score (nSPS) is 20.1. The Hall–Kier alpha value is -0.780. The third-order valence-electron chi connectivity index (χ3n) is 2.34. The lowest BCUT2D eigenvalue weighted by Gasteiger charge is -2.17. The molecular weight excluding hydrogens is 239 g/mol. The van der Waals surface area contributed by atoms with Gasteiger partial charge in [0, 0.05) is 19.1 Å². The average molecular weight is 251 g/mol. The molecule has 0 aliphatic carbocycles. The second kappa shape index (κ2) is 4.83. The third kappa shape index (κ3) is 2.42. The molecule has 1 saturated heterocycles. The number of rotatable bonds is 1. The summed E-state index contributed by atoms with van der Waals surface area (Å²) in [6, 6.07) is 0.158. The summed E-state index contributed by atoms with van der Waals surface area (Å²) in [4.78, 5) is 13.2. The van der Waals surface area contributed by atoms with Crippen molar-refractivity contribution in [2.45, 2.75) is 12.5 Å². The van der Waals surface area contributed by atoms with Crippen molar-refractivity contribution in [3.05, 3.63) is 21.6 Å². The van der Waals surface area contributed by atoms with Crippen LogP contribution in [0.5, 0.6) is 0 Å². The lowest BCUT2D eigenvalue weighted by Crippen LogP contribution is -2.27. The van der Waals surface area contributed by atoms with E-state index in [1.807, 2.05) is 4.90 Å². The van der Waals surface area contributed by atoms with Crippen LogP contribution in [0.15, 0.2) is 11.0 Å². The topological polar surface area (TPSA) is 75.0 Å². The summed E-state index contributed by atoms with van der Waals surface area (Å²) in [7, 11) is 0. The first-order valence-corrected chi connectivity index (χ1v) is 4.80. The number of H-pyrrole nitrogens is 1. The van der Waals surface area contributed by atoms with Gasteiger partial charge in [-0.25, -0.2) is 5.10 Å². The van der Waals surface area contributed by atoms with E-state index in [2.05, 4.69) is 10.2 Å². The molecule has 1 atom stereocenters. The summed E-state index contributed by atoms with van der Waals surface area (Å²) in [6.07, 6.45) is 2.48. The summed E-state index contributed by atoms with van der Waals surface area (Å²) in [5.74, 6) is 0. The number of hydrogen-bond donors (Lipinski definition) is 2. The molecule has 1 aromatic rings. The van der Waals surface area contributed by atoms with Crippen LogP contribution in [0.1, 0.15) is 6.42 Å². The van der Waals surface area contributed by atoms with Gasteiger partial charge in [-0.2, -0.15) is 5.10 Å². The number of hydrogen-bond acceptors (Lipinski definition) is 4. The van der Waals surface area contributed by atoms with Gasteiger partial charge < -0.3 is 10.6 Å². The zero-order valence-corrected chi connectivity index (χ0v) is 9.51. The first kappa shape index (κ1) is 12.3. The van der Waals surface area contributed by atoms with Crippen LogP contribution < -0.4 is 16.2 Å². The first-order valence-electron chi connectivity index (χ1n) is 4.42. The third-order valence-corrected chi connectivity index (χ3v) is 2.71. The largest absolute Gasteiger partial charge is 0.367 e. The van der Waals surface area contributed by atoms with E-state index in [0.717, 1.165) is 19.5 Å². The monoisotopic (exact) mass is 250 g/mol. The van der Waals surface area contributed by atoms with Crippen molar-refractivity contribution in [3.8, 4) is 0 Å². The fraction of sp³-hybridized carbons (Fsp3) is 0.500. The van der Waals surface area contributed by atoms with E-state index in [0.29, 0.717) is 5.69 Å². The Kier molecular flexibility index (Phi) is 3.96. The summed E-state index contributed by atoms with van der Waals surface area (Å²) in [6.45, 7) is 1.55. The average Bonchev–Trinajstić information content (AvgIpc) is 2.57. The van der Waals surface area contributed by atoms with Crippen LogP contribution in [0.2, 0.25) is 5.02 Å². The maximum atomic E-state index is 11.2. The predicted molar refractivity (Wildman–Crippen MR) is 61.9 cm³/mol. The molecule has 1 aromatic heterocycles. The van der Waals surface area contributed by atoms with Crippen molar-refractivity contribution in [1.82, 2.24) is 10.2 Å². The molecule has 1 aliphatic heterocycles. The van der Waals surface area contributed by atoms with Gasteiger partial charge in [-0.05, 0) is 6.42 Å². The molecule has 0 saturated carbocycles. The summed E-state index contributed by atoms with van der Waals surface area (Å²) in [5.41, 5.74) is 6.07. The van der Waals surface area contributed by atoms with Gasteiger partial charge in [0.25, 0.3) is 5.56 Å². The molecule has 1 fully saturated rings. The summed E-state index contributed by atoms with van der Waals surface area (Å²) in [5, 5.41) is 6.18. The summed E-state index contributed by atoms with van der Waals surface area (Å²) < 4.78 is 0. The van der Waals surface area contributed by atoms with E-state index in [4.69, 9.17) is 17.3 Å². The van der Waals surface area contributed by atoms with Gasteiger partial charge in [0.15, 0.2) is 0 Å². The Bertz CT molecular complexity index is 394. The maximum absolute atomic E-state index is 11.2. The molecule has 15 heavy (non-hydrogen) atoms. The molecule has 0 bridgehead atoms. The van der Waals surface area contributed by atoms with Gasteiger partial charge >= 0.3 is 0 Å². The first-order chi connectivity index (χ1) is 6.68. The van der Waals surface area contributed by atoms with Crippen LogP contribution in [-0.2, 0) is 0 Å². The fourth-order valence-electron chi connectivity index (χ4n) is 1.60. The Morgan fingerprint density at radius 1 is 1.67 bits per heavy atom.